The van der Waals surface area contributed by atoms with Gasteiger partial charge in [0.1, 0.15) is 11.5 Å². The van der Waals surface area contributed by atoms with Crippen molar-refractivity contribution in [3.63, 3.8) is 0 Å². The number of aromatic amines is 2. The quantitative estimate of drug-likeness (QED) is 0.233. The van der Waals surface area contributed by atoms with E-state index >= 15 is 0 Å². The molecule has 0 atom stereocenters. The molecule has 4 aromatic heterocycles. The molecule has 39 heavy (non-hydrogen) atoms. The number of halogens is 1. The minimum atomic E-state index is -0.291. The van der Waals surface area contributed by atoms with Crippen LogP contribution in [0.5, 0.6) is 0 Å². The minimum Gasteiger partial charge on any atom is -0.335 e. The van der Waals surface area contributed by atoms with E-state index in [0.717, 1.165) is 38.7 Å². The second kappa shape index (κ2) is 9.43. The molecule has 0 saturated heterocycles. The van der Waals surface area contributed by atoms with E-state index < -0.39 is 0 Å². The number of aromatic nitrogens is 6. The SMILES string of the molecule is CC(C)(C)CC(=O)Nc1cncc(-c2ccc3[nH]nc(-c4nc5nccc(-c6ccc(F)cc6)c5[nH]4)c3c2)c1. The number of carbonyl (C=O) groups excluding carboxylic acids is 1. The number of nitrogens with zero attached hydrogens (tertiary/aromatic N) is 4. The molecule has 2 aromatic carbocycles. The summed E-state index contributed by atoms with van der Waals surface area (Å²) < 4.78 is 13.5. The van der Waals surface area contributed by atoms with Gasteiger partial charge in [0.15, 0.2) is 11.5 Å². The second-order valence-electron chi connectivity index (χ2n) is 10.7. The number of fused-ring (bicyclic) bond motifs is 2. The van der Waals surface area contributed by atoms with Crippen LogP contribution in [-0.4, -0.2) is 36.0 Å². The number of rotatable bonds is 5. The average Bonchev–Trinajstić information content (AvgIpc) is 3.52. The first-order valence-electron chi connectivity index (χ1n) is 12.6. The standard InChI is InChI=1S/C30H26FN7O/c1-30(2,3)14-25(39)34-21-12-19(15-32-16-21)18-6-9-24-23(13-18)27(38-37-24)29-35-26-22(10-11-33-28(26)36-29)17-4-7-20(31)8-5-17/h4-13,15-16H,14H2,1-3H3,(H,34,39)(H,37,38)(H,33,35,36). The van der Waals surface area contributed by atoms with E-state index in [0.29, 0.717) is 29.3 Å². The minimum absolute atomic E-state index is 0.0486. The van der Waals surface area contributed by atoms with Gasteiger partial charge in [-0.2, -0.15) is 5.10 Å². The van der Waals surface area contributed by atoms with Gasteiger partial charge in [0.2, 0.25) is 5.91 Å². The van der Waals surface area contributed by atoms with Crippen molar-refractivity contribution < 1.29 is 9.18 Å². The molecular weight excluding hydrogens is 493 g/mol. The lowest BCUT2D eigenvalue weighted by Gasteiger charge is -2.17. The van der Waals surface area contributed by atoms with Crippen LogP contribution in [0.25, 0.3) is 55.8 Å². The Kier molecular flexibility index (Phi) is 5.91. The van der Waals surface area contributed by atoms with Crippen molar-refractivity contribution in [2.75, 3.05) is 5.32 Å². The van der Waals surface area contributed by atoms with Gasteiger partial charge in [0.05, 0.1) is 22.9 Å². The number of hydrogen-bond acceptors (Lipinski definition) is 5. The monoisotopic (exact) mass is 519 g/mol. The number of benzene rings is 2. The van der Waals surface area contributed by atoms with Crippen LogP contribution in [-0.2, 0) is 4.79 Å². The van der Waals surface area contributed by atoms with Gasteiger partial charge in [-0.25, -0.2) is 14.4 Å². The Bertz CT molecular complexity index is 1830. The van der Waals surface area contributed by atoms with Crippen LogP contribution in [0.15, 0.2) is 73.2 Å². The summed E-state index contributed by atoms with van der Waals surface area (Å²) >= 11 is 0. The Labute approximate surface area is 223 Å². The summed E-state index contributed by atoms with van der Waals surface area (Å²) in [7, 11) is 0. The predicted octanol–water partition coefficient (Wildman–Crippen LogP) is 6.74. The molecule has 0 unspecified atom stereocenters. The number of H-pyrrole nitrogens is 2. The van der Waals surface area contributed by atoms with E-state index in [-0.39, 0.29) is 17.1 Å². The smallest absolute Gasteiger partial charge is 0.224 e. The number of imidazole rings is 1. The van der Waals surface area contributed by atoms with Crippen molar-refractivity contribution in [3.8, 4) is 33.8 Å². The Balaban J connectivity index is 1.36. The zero-order valence-electron chi connectivity index (χ0n) is 21.7. The van der Waals surface area contributed by atoms with Gasteiger partial charge in [-0.15, -0.1) is 0 Å². The molecule has 4 heterocycles. The highest BCUT2D eigenvalue weighted by molar-refractivity contribution is 5.98. The number of amides is 1. The van der Waals surface area contributed by atoms with Crippen LogP contribution in [0.4, 0.5) is 10.1 Å². The summed E-state index contributed by atoms with van der Waals surface area (Å²) in [5.74, 6) is 0.227. The molecule has 0 radical (unpaired) electrons. The summed E-state index contributed by atoms with van der Waals surface area (Å²) in [5, 5.41) is 11.4. The molecule has 9 heteroatoms. The first kappa shape index (κ1) is 24.4. The van der Waals surface area contributed by atoms with Gasteiger partial charge in [-0.1, -0.05) is 39.0 Å². The summed E-state index contributed by atoms with van der Waals surface area (Å²) in [6.07, 6.45) is 5.51. The number of pyridine rings is 2. The van der Waals surface area contributed by atoms with Crippen molar-refractivity contribution in [3.05, 3.63) is 79.0 Å². The molecule has 194 valence electrons. The molecule has 0 spiro atoms. The fourth-order valence-electron chi connectivity index (χ4n) is 4.62. The third-order valence-corrected chi connectivity index (χ3v) is 6.38. The molecule has 3 N–H and O–H groups in total. The molecule has 1 amide bonds. The topological polar surface area (TPSA) is 112 Å². The second-order valence-corrected chi connectivity index (χ2v) is 10.7. The lowest BCUT2D eigenvalue weighted by molar-refractivity contribution is -0.117. The average molecular weight is 520 g/mol. The summed E-state index contributed by atoms with van der Waals surface area (Å²) in [5.41, 5.74) is 6.84. The summed E-state index contributed by atoms with van der Waals surface area (Å²) in [4.78, 5) is 29.3. The lowest BCUT2D eigenvalue weighted by atomic mass is 9.92. The molecule has 6 rings (SSSR count). The van der Waals surface area contributed by atoms with Crippen LogP contribution in [0, 0.1) is 11.2 Å². The fourth-order valence-corrected chi connectivity index (χ4v) is 4.62. The molecule has 6 aromatic rings. The largest absolute Gasteiger partial charge is 0.335 e. The van der Waals surface area contributed by atoms with E-state index in [2.05, 4.69) is 30.5 Å². The molecule has 0 fully saturated rings. The van der Waals surface area contributed by atoms with Crippen molar-refractivity contribution in [2.24, 2.45) is 5.41 Å². The van der Waals surface area contributed by atoms with Crippen LogP contribution in [0.3, 0.4) is 0 Å². The Hall–Kier alpha value is -4.92. The first-order valence-corrected chi connectivity index (χ1v) is 12.6. The van der Waals surface area contributed by atoms with Gasteiger partial charge in [-0.3, -0.25) is 14.9 Å². The van der Waals surface area contributed by atoms with Crippen molar-refractivity contribution >= 4 is 33.7 Å². The van der Waals surface area contributed by atoms with Gasteiger partial charge < -0.3 is 10.3 Å². The van der Waals surface area contributed by atoms with E-state index in [1.807, 2.05) is 51.1 Å². The number of anilines is 1. The highest BCUT2D eigenvalue weighted by Gasteiger charge is 2.18. The third kappa shape index (κ3) is 4.98. The van der Waals surface area contributed by atoms with E-state index in [1.54, 1.807) is 30.7 Å². The fraction of sp³-hybridized carbons (Fsp3) is 0.167. The van der Waals surface area contributed by atoms with E-state index in [9.17, 15) is 9.18 Å². The van der Waals surface area contributed by atoms with Gasteiger partial charge in [0, 0.05) is 35.3 Å². The van der Waals surface area contributed by atoms with E-state index in [1.165, 1.54) is 12.1 Å². The molecule has 0 aliphatic heterocycles. The lowest BCUT2D eigenvalue weighted by Crippen LogP contribution is -2.19. The molecule has 0 aliphatic rings. The first-order chi connectivity index (χ1) is 18.7. The maximum absolute atomic E-state index is 13.5. The van der Waals surface area contributed by atoms with Gasteiger partial charge in [0.25, 0.3) is 0 Å². The third-order valence-electron chi connectivity index (χ3n) is 6.38. The van der Waals surface area contributed by atoms with E-state index in [4.69, 9.17) is 4.98 Å². The van der Waals surface area contributed by atoms with Crippen molar-refractivity contribution in [1.82, 2.24) is 30.1 Å². The summed E-state index contributed by atoms with van der Waals surface area (Å²) in [6, 6.07) is 16.1. The maximum atomic E-state index is 13.5. The predicted molar refractivity (Wildman–Crippen MR) is 150 cm³/mol. The zero-order valence-corrected chi connectivity index (χ0v) is 21.7. The molecule has 0 bridgehead atoms. The van der Waals surface area contributed by atoms with Gasteiger partial charge in [-0.05, 0) is 52.9 Å². The van der Waals surface area contributed by atoms with Crippen LogP contribution >= 0.6 is 0 Å². The number of hydrogen-bond donors (Lipinski definition) is 3. The van der Waals surface area contributed by atoms with Crippen LogP contribution < -0.4 is 5.32 Å². The Morgan fingerprint density at radius 1 is 0.974 bits per heavy atom. The molecule has 0 aliphatic carbocycles. The summed E-state index contributed by atoms with van der Waals surface area (Å²) in [6.45, 7) is 6.09. The molecule has 0 saturated carbocycles. The maximum Gasteiger partial charge on any atom is 0.224 e. The normalized spacial score (nSPS) is 11.8. The van der Waals surface area contributed by atoms with Gasteiger partial charge >= 0.3 is 0 Å². The number of carbonyl (C=O) groups is 1. The van der Waals surface area contributed by atoms with Crippen LogP contribution in [0.2, 0.25) is 0 Å². The Morgan fingerprint density at radius 3 is 2.56 bits per heavy atom. The molecular formula is C30H26FN7O. The van der Waals surface area contributed by atoms with Crippen molar-refractivity contribution in [2.45, 2.75) is 27.2 Å². The van der Waals surface area contributed by atoms with Crippen LogP contribution in [0.1, 0.15) is 27.2 Å². The van der Waals surface area contributed by atoms with Crippen molar-refractivity contribution in [1.29, 1.82) is 0 Å². The Morgan fingerprint density at radius 2 is 1.77 bits per heavy atom. The number of nitrogens with one attached hydrogen (secondary N) is 3. The highest BCUT2D eigenvalue weighted by atomic mass is 19.1. The molecule has 8 nitrogen and oxygen atoms in total. The zero-order chi connectivity index (χ0) is 27.1. The highest BCUT2D eigenvalue weighted by Crippen LogP contribution is 2.33.